The first-order valence-corrected chi connectivity index (χ1v) is 10.9. The highest BCUT2D eigenvalue weighted by molar-refractivity contribution is 5.87. The molecule has 0 aliphatic carbocycles. The summed E-state index contributed by atoms with van der Waals surface area (Å²) in [4.78, 5) is 12.3. The molecule has 32 heavy (non-hydrogen) atoms. The van der Waals surface area contributed by atoms with Crippen molar-refractivity contribution in [2.45, 2.75) is 18.9 Å². The van der Waals surface area contributed by atoms with E-state index in [2.05, 4.69) is 27.5 Å². The summed E-state index contributed by atoms with van der Waals surface area (Å²) in [6.07, 6.45) is 6.07. The lowest BCUT2D eigenvalue weighted by Crippen LogP contribution is -2.41. The molecule has 7 heteroatoms. The van der Waals surface area contributed by atoms with Gasteiger partial charge in [0.05, 0.1) is 34.7 Å². The van der Waals surface area contributed by atoms with Gasteiger partial charge >= 0.3 is 0 Å². The van der Waals surface area contributed by atoms with Gasteiger partial charge in [0.2, 0.25) is 0 Å². The summed E-state index contributed by atoms with van der Waals surface area (Å²) in [6.45, 7) is 1.90. The molecule has 0 atom stereocenters. The minimum Gasteiger partial charge on any atom is -0.355 e. The van der Waals surface area contributed by atoms with Gasteiger partial charge in [-0.05, 0) is 44.2 Å². The third kappa shape index (κ3) is 3.81. The van der Waals surface area contributed by atoms with E-state index in [9.17, 15) is 5.26 Å². The molecule has 2 aromatic heterocycles. The Morgan fingerprint density at radius 3 is 2.50 bits per heavy atom. The van der Waals surface area contributed by atoms with Crippen molar-refractivity contribution < 1.29 is 0 Å². The fourth-order valence-corrected chi connectivity index (χ4v) is 4.34. The highest BCUT2D eigenvalue weighted by Crippen LogP contribution is 2.33. The Hall–Kier alpha value is -3.76. The second kappa shape index (κ2) is 8.40. The summed E-state index contributed by atoms with van der Waals surface area (Å²) in [5, 5.41) is 18.1. The third-order valence-corrected chi connectivity index (χ3v) is 6.17. The molecule has 0 spiro atoms. The fourth-order valence-electron chi connectivity index (χ4n) is 4.34. The van der Waals surface area contributed by atoms with Crippen molar-refractivity contribution in [2.75, 3.05) is 25.0 Å². The number of aromatic nitrogens is 4. The molecule has 0 bridgehead atoms. The SMILES string of the molecule is CNC1CCN(c2cnc(-c3ccc4nn(C)cc4c3)c(-c3ccc(C#N)cc3)n2)CC1. The molecule has 1 fully saturated rings. The fraction of sp³-hybridized carbons (Fsp3) is 0.280. The van der Waals surface area contributed by atoms with Crippen LogP contribution in [0.15, 0.2) is 54.9 Å². The normalized spacial score (nSPS) is 14.6. The molecule has 1 aliphatic rings. The third-order valence-electron chi connectivity index (χ3n) is 6.17. The molecule has 2 aromatic carbocycles. The van der Waals surface area contributed by atoms with Gasteiger partial charge in [0, 0.05) is 48.9 Å². The molecule has 5 rings (SSSR count). The number of piperidine rings is 1. The first kappa shape index (κ1) is 20.2. The number of nitrogens with zero attached hydrogens (tertiary/aromatic N) is 6. The van der Waals surface area contributed by atoms with Crippen molar-refractivity contribution >= 4 is 16.7 Å². The highest BCUT2D eigenvalue weighted by atomic mass is 15.2. The van der Waals surface area contributed by atoms with Crippen LogP contribution in [0.2, 0.25) is 0 Å². The van der Waals surface area contributed by atoms with Crippen LogP contribution in [0.4, 0.5) is 5.82 Å². The lowest BCUT2D eigenvalue weighted by molar-refractivity contribution is 0.440. The van der Waals surface area contributed by atoms with Crippen LogP contribution in [-0.2, 0) is 7.05 Å². The molecule has 7 nitrogen and oxygen atoms in total. The quantitative estimate of drug-likeness (QED) is 0.538. The van der Waals surface area contributed by atoms with E-state index in [4.69, 9.17) is 9.97 Å². The molecule has 3 heterocycles. The van der Waals surface area contributed by atoms with Crippen LogP contribution in [0.5, 0.6) is 0 Å². The van der Waals surface area contributed by atoms with Gasteiger partial charge in [-0.15, -0.1) is 0 Å². The van der Waals surface area contributed by atoms with Gasteiger partial charge in [-0.1, -0.05) is 18.2 Å². The van der Waals surface area contributed by atoms with E-state index in [0.29, 0.717) is 11.6 Å². The minimum atomic E-state index is 0.558. The molecule has 160 valence electrons. The zero-order chi connectivity index (χ0) is 22.1. The number of hydrogen-bond acceptors (Lipinski definition) is 6. The average Bonchev–Trinajstić information content (AvgIpc) is 3.23. The molecular weight excluding hydrogens is 398 g/mol. The average molecular weight is 424 g/mol. The number of nitrogens with one attached hydrogen (secondary N) is 1. The topological polar surface area (TPSA) is 82.7 Å². The molecule has 1 saturated heterocycles. The number of hydrogen-bond donors (Lipinski definition) is 1. The van der Waals surface area contributed by atoms with Gasteiger partial charge in [0.15, 0.2) is 0 Å². The monoisotopic (exact) mass is 423 g/mol. The summed E-state index contributed by atoms with van der Waals surface area (Å²) < 4.78 is 1.82. The van der Waals surface area contributed by atoms with Gasteiger partial charge in [-0.25, -0.2) is 4.98 Å². The first-order valence-electron chi connectivity index (χ1n) is 10.9. The second-order valence-corrected chi connectivity index (χ2v) is 8.24. The van der Waals surface area contributed by atoms with E-state index < -0.39 is 0 Å². The molecule has 0 amide bonds. The smallest absolute Gasteiger partial charge is 0.147 e. The van der Waals surface area contributed by atoms with Crippen LogP contribution in [0.3, 0.4) is 0 Å². The number of fused-ring (bicyclic) bond motifs is 1. The Morgan fingerprint density at radius 2 is 1.78 bits per heavy atom. The van der Waals surface area contributed by atoms with Crippen LogP contribution < -0.4 is 10.2 Å². The van der Waals surface area contributed by atoms with E-state index in [-0.39, 0.29) is 0 Å². The number of nitriles is 1. The zero-order valence-corrected chi connectivity index (χ0v) is 18.3. The summed E-state index contributed by atoms with van der Waals surface area (Å²) >= 11 is 0. The summed E-state index contributed by atoms with van der Waals surface area (Å²) in [5.41, 5.74) is 5.18. The number of rotatable bonds is 4. The van der Waals surface area contributed by atoms with Crippen LogP contribution >= 0.6 is 0 Å². The van der Waals surface area contributed by atoms with E-state index >= 15 is 0 Å². The maximum absolute atomic E-state index is 9.19. The Morgan fingerprint density at radius 1 is 1.03 bits per heavy atom. The molecular formula is C25H25N7. The summed E-state index contributed by atoms with van der Waals surface area (Å²) in [7, 11) is 3.95. The van der Waals surface area contributed by atoms with E-state index in [0.717, 1.165) is 65.2 Å². The maximum Gasteiger partial charge on any atom is 0.147 e. The Bertz CT molecular complexity index is 1290. The van der Waals surface area contributed by atoms with Gasteiger partial charge in [0.1, 0.15) is 5.82 Å². The summed E-state index contributed by atoms with van der Waals surface area (Å²) in [6, 6.07) is 16.5. The predicted octanol–water partition coefficient (Wildman–Crippen LogP) is 3.76. The molecule has 1 aliphatic heterocycles. The van der Waals surface area contributed by atoms with Crippen LogP contribution in [0, 0.1) is 11.3 Å². The number of benzene rings is 2. The minimum absolute atomic E-state index is 0.558. The lowest BCUT2D eigenvalue weighted by atomic mass is 10.0. The van der Waals surface area contributed by atoms with Crippen molar-refractivity contribution in [3.05, 3.63) is 60.4 Å². The first-order chi connectivity index (χ1) is 15.6. The molecule has 0 radical (unpaired) electrons. The molecule has 0 unspecified atom stereocenters. The van der Waals surface area contributed by atoms with Gasteiger partial charge in [-0.3, -0.25) is 9.67 Å². The number of aryl methyl sites for hydroxylation is 1. The largest absolute Gasteiger partial charge is 0.355 e. The van der Waals surface area contributed by atoms with E-state index in [1.165, 1.54) is 0 Å². The maximum atomic E-state index is 9.19. The molecule has 1 N–H and O–H groups in total. The van der Waals surface area contributed by atoms with Crippen molar-refractivity contribution in [3.8, 4) is 28.6 Å². The molecule has 4 aromatic rings. The predicted molar refractivity (Wildman–Crippen MR) is 126 cm³/mol. The standard InChI is InChI=1S/C25H25N7/c1-27-21-9-11-32(12-10-21)23-15-28-24(19-7-8-22-20(13-19)16-31(2)30-22)25(29-23)18-5-3-17(14-26)4-6-18/h3-8,13,15-16,21,27H,9-12H2,1-2H3. The second-order valence-electron chi connectivity index (χ2n) is 8.24. The van der Waals surface area contributed by atoms with Crippen molar-refractivity contribution in [1.82, 2.24) is 25.1 Å². The lowest BCUT2D eigenvalue weighted by Gasteiger charge is -2.32. The molecule has 0 saturated carbocycles. The van der Waals surface area contributed by atoms with Gasteiger partial charge < -0.3 is 10.2 Å². The van der Waals surface area contributed by atoms with Gasteiger partial charge in [0.25, 0.3) is 0 Å². The Balaban J connectivity index is 1.59. The van der Waals surface area contributed by atoms with E-state index in [1.807, 2.05) is 67.6 Å². The van der Waals surface area contributed by atoms with Crippen LogP contribution in [0.1, 0.15) is 18.4 Å². The number of anilines is 1. The Kier molecular flexibility index (Phi) is 5.29. The van der Waals surface area contributed by atoms with E-state index in [1.54, 1.807) is 0 Å². The van der Waals surface area contributed by atoms with Crippen molar-refractivity contribution in [1.29, 1.82) is 5.26 Å². The van der Waals surface area contributed by atoms with Crippen molar-refractivity contribution in [3.63, 3.8) is 0 Å². The van der Waals surface area contributed by atoms with Crippen molar-refractivity contribution in [2.24, 2.45) is 7.05 Å². The summed E-state index contributed by atoms with van der Waals surface area (Å²) in [5.74, 6) is 0.894. The Labute approximate surface area is 187 Å². The van der Waals surface area contributed by atoms with Crippen LogP contribution in [0.25, 0.3) is 33.4 Å². The highest BCUT2D eigenvalue weighted by Gasteiger charge is 2.21. The van der Waals surface area contributed by atoms with Gasteiger partial charge in [-0.2, -0.15) is 10.4 Å². The zero-order valence-electron chi connectivity index (χ0n) is 18.3. The van der Waals surface area contributed by atoms with Crippen LogP contribution in [-0.4, -0.2) is 45.9 Å².